The Morgan fingerprint density at radius 1 is 1.25 bits per heavy atom. The smallest absolute Gasteiger partial charge is 0.416 e. The molecular weight excluding hydrogens is 377 g/mol. The predicted octanol–water partition coefficient (Wildman–Crippen LogP) is 2.11. The molecule has 0 bridgehead atoms. The Bertz CT molecular complexity index is 773. The minimum Gasteiger partial charge on any atom is -0.462 e. The summed E-state index contributed by atoms with van der Waals surface area (Å²) in [5.74, 6) is -2.02. The minimum atomic E-state index is -4.78. The number of hydrogen-bond donors (Lipinski definition) is 1. The van der Waals surface area contributed by atoms with E-state index >= 15 is 0 Å². The van der Waals surface area contributed by atoms with Gasteiger partial charge in [-0.15, -0.1) is 0 Å². The highest BCUT2D eigenvalue weighted by Gasteiger charge is 2.60. The van der Waals surface area contributed by atoms with Gasteiger partial charge < -0.3 is 19.7 Å². The fraction of sp³-hybridized carbons (Fsp3) is 0.474. The molecule has 1 unspecified atom stereocenters. The quantitative estimate of drug-likeness (QED) is 0.622. The van der Waals surface area contributed by atoms with Gasteiger partial charge in [0, 0.05) is 25.2 Å². The van der Waals surface area contributed by atoms with Crippen molar-refractivity contribution in [2.45, 2.75) is 25.1 Å². The summed E-state index contributed by atoms with van der Waals surface area (Å²) in [5.41, 5.74) is -3.06. The van der Waals surface area contributed by atoms with Crippen molar-refractivity contribution in [3.05, 3.63) is 47.2 Å². The number of alkyl halides is 3. The van der Waals surface area contributed by atoms with Crippen LogP contribution in [0.5, 0.6) is 0 Å². The highest BCUT2D eigenvalue weighted by Crippen LogP contribution is 2.46. The number of halogens is 3. The average molecular weight is 398 g/mol. The Labute approximate surface area is 160 Å². The van der Waals surface area contributed by atoms with Crippen LogP contribution in [0.2, 0.25) is 0 Å². The minimum absolute atomic E-state index is 0.00903. The molecule has 0 aliphatic carbocycles. The van der Waals surface area contributed by atoms with Crippen molar-refractivity contribution < 1.29 is 32.2 Å². The van der Waals surface area contributed by atoms with Crippen LogP contribution in [0.1, 0.15) is 18.9 Å². The van der Waals surface area contributed by atoms with Gasteiger partial charge in [-0.1, -0.05) is 30.3 Å². The van der Waals surface area contributed by atoms with E-state index < -0.39 is 30.0 Å². The van der Waals surface area contributed by atoms with Gasteiger partial charge in [-0.25, -0.2) is 4.79 Å². The number of amides is 1. The predicted molar refractivity (Wildman–Crippen MR) is 93.0 cm³/mol. The molecule has 1 aromatic rings. The number of carbonyl (C=O) groups is 2. The first-order chi connectivity index (χ1) is 13.3. The van der Waals surface area contributed by atoms with Crippen molar-refractivity contribution in [2.75, 3.05) is 32.9 Å². The third-order valence-corrected chi connectivity index (χ3v) is 4.90. The number of ether oxygens (including phenoxy) is 2. The van der Waals surface area contributed by atoms with Gasteiger partial charge in [-0.2, -0.15) is 13.2 Å². The number of nitrogens with zero attached hydrogens (tertiary/aromatic N) is 1. The van der Waals surface area contributed by atoms with Crippen molar-refractivity contribution in [1.82, 2.24) is 10.2 Å². The van der Waals surface area contributed by atoms with Crippen molar-refractivity contribution in [2.24, 2.45) is 0 Å². The van der Waals surface area contributed by atoms with E-state index in [4.69, 9.17) is 9.47 Å². The monoisotopic (exact) mass is 398 g/mol. The Kier molecular flexibility index (Phi) is 5.64. The largest absolute Gasteiger partial charge is 0.462 e. The maximum absolute atomic E-state index is 14.3. The third-order valence-electron chi connectivity index (χ3n) is 4.90. The molecule has 3 rings (SSSR count). The van der Waals surface area contributed by atoms with E-state index in [1.807, 2.05) is 0 Å². The molecule has 1 fully saturated rings. The Morgan fingerprint density at radius 3 is 2.46 bits per heavy atom. The van der Waals surface area contributed by atoms with Gasteiger partial charge in [-0.05, 0) is 12.5 Å². The van der Waals surface area contributed by atoms with Crippen LogP contribution < -0.4 is 5.32 Å². The van der Waals surface area contributed by atoms with E-state index in [-0.39, 0.29) is 36.5 Å². The first-order valence-electron chi connectivity index (χ1n) is 8.98. The molecule has 1 N–H and O–H groups in total. The highest BCUT2D eigenvalue weighted by molar-refractivity contribution is 6.17. The van der Waals surface area contributed by atoms with Gasteiger partial charge >= 0.3 is 12.1 Å². The Hall–Kier alpha value is -2.55. The highest BCUT2D eigenvalue weighted by atomic mass is 19.4. The molecule has 2 aliphatic rings. The number of carbonyl (C=O) groups excluding carboxylic acids is 2. The maximum Gasteiger partial charge on any atom is 0.416 e. The van der Waals surface area contributed by atoms with Gasteiger partial charge in [0.05, 0.1) is 19.8 Å². The molecule has 1 amide bonds. The lowest BCUT2D eigenvalue weighted by Crippen LogP contribution is -2.61. The van der Waals surface area contributed by atoms with Crippen molar-refractivity contribution in [3.8, 4) is 0 Å². The molecule has 6 nitrogen and oxygen atoms in total. The van der Waals surface area contributed by atoms with Crippen LogP contribution in [-0.4, -0.2) is 55.9 Å². The van der Waals surface area contributed by atoms with Crippen LogP contribution >= 0.6 is 0 Å². The van der Waals surface area contributed by atoms with Crippen molar-refractivity contribution in [1.29, 1.82) is 0 Å². The summed E-state index contributed by atoms with van der Waals surface area (Å²) in [6.45, 7) is 2.74. The topological polar surface area (TPSA) is 67.9 Å². The fourth-order valence-corrected chi connectivity index (χ4v) is 3.52. The van der Waals surface area contributed by atoms with E-state index in [1.54, 1.807) is 17.9 Å². The average Bonchev–Trinajstić information content (AvgIpc) is 2.68. The molecular formula is C19H21F3N2O4. The van der Waals surface area contributed by atoms with Crippen LogP contribution in [0.15, 0.2) is 41.6 Å². The van der Waals surface area contributed by atoms with Crippen molar-refractivity contribution in [3.63, 3.8) is 0 Å². The van der Waals surface area contributed by atoms with E-state index in [9.17, 15) is 22.8 Å². The lowest BCUT2D eigenvalue weighted by atomic mass is 9.80. The number of esters is 1. The van der Waals surface area contributed by atoms with Crippen LogP contribution in [-0.2, 0) is 24.6 Å². The van der Waals surface area contributed by atoms with Crippen LogP contribution in [0.3, 0.4) is 0 Å². The zero-order valence-electron chi connectivity index (χ0n) is 15.3. The van der Waals surface area contributed by atoms with Crippen LogP contribution in [0.4, 0.5) is 13.2 Å². The van der Waals surface area contributed by atoms with E-state index in [0.29, 0.717) is 13.2 Å². The summed E-state index contributed by atoms with van der Waals surface area (Å²) in [6.07, 6.45) is -5.37. The van der Waals surface area contributed by atoms with Crippen LogP contribution in [0.25, 0.3) is 0 Å². The molecule has 1 atom stereocenters. The molecule has 9 heteroatoms. The molecule has 152 valence electrons. The van der Waals surface area contributed by atoms with Crippen LogP contribution in [0, 0.1) is 0 Å². The van der Waals surface area contributed by atoms with Gasteiger partial charge in [0.25, 0.3) is 5.91 Å². The summed E-state index contributed by atoms with van der Waals surface area (Å²) < 4.78 is 53.0. The number of hydrogen-bond acceptors (Lipinski definition) is 5. The van der Waals surface area contributed by atoms with Gasteiger partial charge in [0.15, 0.2) is 5.54 Å². The summed E-state index contributed by atoms with van der Waals surface area (Å²) in [4.78, 5) is 26.8. The molecule has 0 spiro atoms. The molecule has 2 aliphatic heterocycles. The second-order valence-electron chi connectivity index (χ2n) is 6.54. The first-order valence-corrected chi connectivity index (χ1v) is 8.98. The molecule has 0 saturated carbocycles. The summed E-state index contributed by atoms with van der Waals surface area (Å²) in [5, 5.41) is 2.06. The second kappa shape index (κ2) is 7.83. The van der Waals surface area contributed by atoms with Gasteiger partial charge in [0.1, 0.15) is 5.57 Å². The summed E-state index contributed by atoms with van der Waals surface area (Å²) >= 11 is 0. The number of benzene rings is 1. The first kappa shape index (κ1) is 20.2. The lowest BCUT2D eigenvalue weighted by molar-refractivity contribution is -0.205. The lowest BCUT2D eigenvalue weighted by Gasteiger charge is -2.44. The molecule has 1 aromatic carbocycles. The number of rotatable bonds is 4. The fourth-order valence-electron chi connectivity index (χ4n) is 3.52. The molecule has 0 aromatic heterocycles. The third kappa shape index (κ3) is 3.58. The van der Waals surface area contributed by atoms with Gasteiger partial charge in [-0.3, -0.25) is 4.79 Å². The maximum atomic E-state index is 14.3. The Balaban J connectivity index is 2.15. The van der Waals surface area contributed by atoms with E-state index in [0.717, 1.165) is 0 Å². The summed E-state index contributed by atoms with van der Waals surface area (Å²) in [7, 11) is 0. The number of morpholine rings is 1. The van der Waals surface area contributed by atoms with Gasteiger partial charge in [0.2, 0.25) is 0 Å². The zero-order valence-corrected chi connectivity index (χ0v) is 15.3. The normalized spacial score (nSPS) is 23.4. The summed E-state index contributed by atoms with van der Waals surface area (Å²) in [6, 6.07) is 7.20. The molecule has 0 radical (unpaired) electrons. The molecule has 1 saturated heterocycles. The molecule has 28 heavy (non-hydrogen) atoms. The SMILES string of the molecule is CCOC(=O)C1=C(N2CCOCC2)CC(c2ccccc2)(C(F)(F)F)NC1=O. The zero-order chi connectivity index (χ0) is 20.4. The van der Waals surface area contributed by atoms with Crippen molar-refractivity contribution >= 4 is 11.9 Å². The van der Waals surface area contributed by atoms with E-state index in [2.05, 4.69) is 5.32 Å². The molecule has 2 heterocycles. The number of nitrogens with one attached hydrogen (secondary N) is 1. The Morgan fingerprint density at radius 2 is 1.89 bits per heavy atom. The van der Waals surface area contributed by atoms with E-state index in [1.165, 1.54) is 24.3 Å². The standard InChI is InChI=1S/C19H21F3N2O4/c1-2-28-17(26)15-14(24-8-10-27-11-9-24)12-18(19(20,21)22,23-16(15)25)13-6-4-3-5-7-13/h3-7H,2,8-12H2,1H3,(H,23,25). The second-order valence-corrected chi connectivity index (χ2v) is 6.54.